The summed E-state index contributed by atoms with van der Waals surface area (Å²) in [5.41, 5.74) is 0.750. The first-order valence-corrected chi connectivity index (χ1v) is 7.78. The molecule has 0 aliphatic carbocycles. The number of nitrogens with one attached hydrogen (secondary N) is 2. The Hall–Kier alpha value is -0.860. The van der Waals surface area contributed by atoms with Gasteiger partial charge in [0.05, 0.1) is 9.98 Å². The number of thiophene rings is 1. The molecule has 2 aromatic heterocycles. The number of aromatic amines is 1. The van der Waals surface area contributed by atoms with Gasteiger partial charge in [-0.1, -0.05) is 0 Å². The number of aromatic nitrogens is 2. The standard InChI is InChI=1S/C9H10BrN3O2S2/c1-5-4-11-12-9(5)13-17(14,15)7-3-8(10)16-6(7)2/h3-4H,1-2H3,(H2,11,12,13). The van der Waals surface area contributed by atoms with Gasteiger partial charge in [0.25, 0.3) is 10.0 Å². The maximum Gasteiger partial charge on any atom is 0.264 e. The fourth-order valence-corrected chi connectivity index (χ4v) is 4.84. The highest BCUT2D eigenvalue weighted by Gasteiger charge is 2.20. The van der Waals surface area contributed by atoms with Crippen molar-refractivity contribution >= 4 is 43.1 Å². The summed E-state index contributed by atoms with van der Waals surface area (Å²) in [7, 11) is -3.56. The predicted molar refractivity (Wildman–Crippen MR) is 70.9 cm³/mol. The van der Waals surface area contributed by atoms with E-state index in [1.54, 1.807) is 26.1 Å². The Bertz CT molecular complexity index is 645. The molecular formula is C9H10BrN3O2S2. The zero-order valence-electron chi connectivity index (χ0n) is 9.11. The lowest BCUT2D eigenvalue weighted by Gasteiger charge is -2.05. The Morgan fingerprint density at radius 3 is 2.65 bits per heavy atom. The molecule has 17 heavy (non-hydrogen) atoms. The third kappa shape index (κ3) is 2.53. The number of anilines is 1. The molecule has 0 saturated carbocycles. The van der Waals surface area contributed by atoms with Crippen LogP contribution in [-0.2, 0) is 10.0 Å². The van der Waals surface area contributed by atoms with E-state index in [2.05, 4.69) is 30.8 Å². The van der Waals surface area contributed by atoms with E-state index in [0.29, 0.717) is 5.82 Å². The number of aryl methyl sites for hydroxylation is 2. The van der Waals surface area contributed by atoms with E-state index in [1.165, 1.54) is 11.3 Å². The number of hydrogen-bond acceptors (Lipinski definition) is 4. The smallest absolute Gasteiger partial charge is 0.263 e. The van der Waals surface area contributed by atoms with E-state index in [0.717, 1.165) is 14.2 Å². The summed E-state index contributed by atoms with van der Waals surface area (Å²) in [6, 6.07) is 1.59. The van der Waals surface area contributed by atoms with Gasteiger partial charge >= 0.3 is 0 Å². The van der Waals surface area contributed by atoms with E-state index < -0.39 is 10.0 Å². The average Bonchev–Trinajstić information content (AvgIpc) is 2.74. The van der Waals surface area contributed by atoms with Gasteiger partial charge in [0.1, 0.15) is 10.7 Å². The summed E-state index contributed by atoms with van der Waals surface area (Å²) in [6.45, 7) is 3.54. The van der Waals surface area contributed by atoms with Gasteiger partial charge in [-0.2, -0.15) is 5.10 Å². The minimum Gasteiger partial charge on any atom is -0.263 e. The van der Waals surface area contributed by atoms with Crippen molar-refractivity contribution in [1.82, 2.24) is 10.2 Å². The molecule has 2 heterocycles. The summed E-state index contributed by atoms with van der Waals surface area (Å²) in [5, 5.41) is 6.38. The van der Waals surface area contributed by atoms with Crippen LogP contribution in [0.2, 0.25) is 0 Å². The number of nitrogens with zero attached hydrogens (tertiary/aromatic N) is 1. The molecule has 2 rings (SSSR count). The second kappa shape index (κ2) is 4.43. The third-order valence-electron chi connectivity index (χ3n) is 2.20. The number of hydrogen-bond donors (Lipinski definition) is 2. The van der Waals surface area contributed by atoms with Gasteiger partial charge in [0.15, 0.2) is 0 Å². The molecule has 0 aromatic carbocycles. The molecule has 0 aliphatic heterocycles. The lowest BCUT2D eigenvalue weighted by atomic mass is 10.4. The summed E-state index contributed by atoms with van der Waals surface area (Å²) in [6.07, 6.45) is 1.56. The second-order valence-electron chi connectivity index (χ2n) is 3.50. The van der Waals surface area contributed by atoms with E-state index in [4.69, 9.17) is 0 Å². The molecule has 2 N–H and O–H groups in total. The minimum atomic E-state index is -3.56. The summed E-state index contributed by atoms with van der Waals surface area (Å²) in [4.78, 5) is 1.02. The molecule has 92 valence electrons. The van der Waals surface area contributed by atoms with Gasteiger partial charge < -0.3 is 0 Å². The first-order valence-electron chi connectivity index (χ1n) is 4.69. The van der Waals surface area contributed by atoms with E-state index in [1.807, 2.05) is 0 Å². The minimum absolute atomic E-state index is 0.281. The summed E-state index contributed by atoms with van der Waals surface area (Å²) >= 11 is 4.66. The van der Waals surface area contributed by atoms with Crippen LogP contribution in [0.4, 0.5) is 5.82 Å². The normalized spacial score (nSPS) is 11.7. The maximum atomic E-state index is 12.1. The van der Waals surface area contributed by atoms with E-state index in [9.17, 15) is 8.42 Å². The fraction of sp³-hybridized carbons (Fsp3) is 0.222. The quantitative estimate of drug-likeness (QED) is 0.905. The molecule has 0 aliphatic rings. The van der Waals surface area contributed by atoms with Crippen molar-refractivity contribution in [3.8, 4) is 0 Å². The molecule has 0 atom stereocenters. The summed E-state index contributed by atoms with van der Waals surface area (Å²) in [5.74, 6) is 0.395. The maximum absolute atomic E-state index is 12.1. The van der Waals surface area contributed by atoms with Gasteiger partial charge in [0.2, 0.25) is 0 Å². The van der Waals surface area contributed by atoms with Crippen molar-refractivity contribution in [2.45, 2.75) is 18.7 Å². The first-order chi connectivity index (χ1) is 7.90. The zero-order chi connectivity index (χ0) is 12.6. The van der Waals surface area contributed by atoms with Crippen LogP contribution in [0.1, 0.15) is 10.4 Å². The Balaban J connectivity index is 2.38. The molecule has 0 amide bonds. The Morgan fingerprint density at radius 2 is 2.18 bits per heavy atom. The van der Waals surface area contributed by atoms with E-state index >= 15 is 0 Å². The highest BCUT2D eigenvalue weighted by atomic mass is 79.9. The van der Waals surface area contributed by atoms with Crippen molar-refractivity contribution in [1.29, 1.82) is 0 Å². The van der Waals surface area contributed by atoms with E-state index in [-0.39, 0.29) is 4.90 Å². The van der Waals surface area contributed by atoms with Crippen LogP contribution in [0.15, 0.2) is 20.9 Å². The molecule has 5 nitrogen and oxygen atoms in total. The van der Waals surface area contributed by atoms with Gasteiger partial charge in [0, 0.05) is 10.4 Å². The van der Waals surface area contributed by atoms with Crippen LogP contribution in [0.3, 0.4) is 0 Å². The van der Waals surface area contributed by atoms with Crippen LogP contribution < -0.4 is 4.72 Å². The number of sulfonamides is 1. The molecule has 0 bridgehead atoms. The lowest BCUT2D eigenvalue weighted by molar-refractivity contribution is 0.601. The molecule has 0 unspecified atom stereocenters. The van der Waals surface area contributed by atoms with Gasteiger partial charge in [-0.3, -0.25) is 9.82 Å². The van der Waals surface area contributed by atoms with Crippen molar-refractivity contribution in [2.24, 2.45) is 0 Å². The molecule has 0 saturated heterocycles. The Labute approximate surface area is 111 Å². The van der Waals surface area contributed by atoms with Gasteiger partial charge in [-0.15, -0.1) is 11.3 Å². The highest BCUT2D eigenvalue weighted by molar-refractivity contribution is 9.11. The molecule has 8 heteroatoms. The third-order valence-corrected chi connectivity index (χ3v) is 5.36. The van der Waals surface area contributed by atoms with Crippen molar-refractivity contribution < 1.29 is 8.42 Å². The van der Waals surface area contributed by atoms with Crippen LogP contribution in [-0.4, -0.2) is 18.6 Å². The topological polar surface area (TPSA) is 74.8 Å². The first kappa shape index (κ1) is 12.6. The monoisotopic (exact) mass is 335 g/mol. The fourth-order valence-electron chi connectivity index (χ4n) is 1.34. The molecule has 2 aromatic rings. The number of rotatable bonds is 3. The molecule has 0 spiro atoms. The predicted octanol–water partition coefficient (Wildman–Crippen LogP) is 2.65. The molecule has 0 radical (unpaired) electrons. The van der Waals surface area contributed by atoms with Crippen LogP contribution in [0.5, 0.6) is 0 Å². The Morgan fingerprint density at radius 1 is 1.47 bits per heavy atom. The lowest BCUT2D eigenvalue weighted by Crippen LogP contribution is -2.14. The summed E-state index contributed by atoms with van der Waals surface area (Å²) < 4.78 is 27.5. The highest BCUT2D eigenvalue weighted by Crippen LogP contribution is 2.30. The van der Waals surface area contributed by atoms with Crippen LogP contribution in [0.25, 0.3) is 0 Å². The largest absolute Gasteiger partial charge is 0.264 e. The van der Waals surface area contributed by atoms with Crippen molar-refractivity contribution in [2.75, 3.05) is 4.72 Å². The average molecular weight is 336 g/mol. The Kier molecular flexibility index (Phi) is 3.28. The zero-order valence-corrected chi connectivity index (χ0v) is 12.3. The van der Waals surface area contributed by atoms with Crippen LogP contribution in [0, 0.1) is 13.8 Å². The van der Waals surface area contributed by atoms with Crippen molar-refractivity contribution in [3.05, 3.63) is 26.5 Å². The number of H-pyrrole nitrogens is 1. The SMILES string of the molecule is Cc1cn[nH]c1NS(=O)(=O)c1cc(Br)sc1C. The molecular weight excluding hydrogens is 326 g/mol. The van der Waals surface area contributed by atoms with Crippen LogP contribution >= 0.6 is 27.3 Å². The van der Waals surface area contributed by atoms with Gasteiger partial charge in [-0.05, 0) is 35.8 Å². The molecule has 0 fully saturated rings. The second-order valence-corrected chi connectivity index (χ2v) is 7.79. The van der Waals surface area contributed by atoms with Gasteiger partial charge in [-0.25, -0.2) is 8.42 Å². The number of halogens is 1. The van der Waals surface area contributed by atoms with Crippen molar-refractivity contribution in [3.63, 3.8) is 0 Å².